The van der Waals surface area contributed by atoms with Gasteiger partial charge in [0.1, 0.15) is 0 Å². The van der Waals surface area contributed by atoms with Gasteiger partial charge < -0.3 is 5.73 Å². The molecule has 0 saturated heterocycles. The van der Waals surface area contributed by atoms with Gasteiger partial charge in [0.05, 0.1) is 0 Å². The van der Waals surface area contributed by atoms with Gasteiger partial charge >= 0.3 is 0 Å². The van der Waals surface area contributed by atoms with E-state index in [0.717, 1.165) is 25.2 Å². The maximum Gasteiger partial charge on any atom is 0.249 e. The Hall–Kier alpha value is -1.35. The van der Waals surface area contributed by atoms with Gasteiger partial charge in [-0.05, 0) is 24.7 Å². The van der Waals surface area contributed by atoms with E-state index in [2.05, 4.69) is 18.7 Å². The Bertz CT molecular complexity index is 332. The van der Waals surface area contributed by atoms with Crippen LogP contribution in [0.25, 0.3) is 0 Å². The maximum atomic E-state index is 11.2. The van der Waals surface area contributed by atoms with E-state index in [1.165, 1.54) is 0 Å². The van der Waals surface area contributed by atoms with Crippen LogP contribution in [0.3, 0.4) is 0 Å². The first kappa shape index (κ1) is 11.7. The van der Waals surface area contributed by atoms with Gasteiger partial charge in [-0.1, -0.05) is 32.0 Å². The fourth-order valence-corrected chi connectivity index (χ4v) is 1.59. The van der Waals surface area contributed by atoms with Crippen LogP contribution in [0.1, 0.15) is 29.8 Å². The van der Waals surface area contributed by atoms with Gasteiger partial charge in [0.25, 0.3) is 0 Å². The van der Waals surface area contributed by atoms with Crippen molar-refractivity contribution in [3.8, 4) is 0 Å². The molecule has 0 atom stereocenters. The van der Waals surface area contributed by atoms with Crippen molar-refractivity contribution in [2.75, 3.05) is 13.1 Å². The minimum Gasteiger partial charge on any atom is -0.366 e. The molecule has 0 aliphatic heterocycles. The number of amides is 1. The Kier molecular flexibility index (Phi) is 4.31. The summed E-state index contributed by atoms with van der Waals surface area (Å²) in [6.07, 6.45) is 0. The van der Waals surface area contributed by atoms with Crippen LogP contribution < -0.4 is 5.73 Å². The number of hydrogen-bond acceptors (Lipinski definition) is 2. The van der Waals surface area contributed by atoms with Crippen LogP contribution in [0, 0.1) is 0 Å². The number of benzene rings is 1. The summed E-state index contributed by atoms with van der Waals surface area (Å²) in [5.74, 6) is -0.349. The summed E-state index contributed by atoms with van der Waals surface area (Å²) in [5.41, 5.74) is 6.95. The number of nitrogens with two attached hydrogens (primary N) is 1. The molecule has 0 fully saturated rings. The number of carbonyl (C=O) groups excluding carboxylic acids is 1. The van der Waals surface area contributed by atoms with E-state index in [1.54, 1.807) is 6.07 Å². The Morgan fingerprint density at radius 2 is 1.87 bits per heavy atom. The quantitative estimate of drug-likeness (QED) is 0.796. The van der Waals surface area contributed by atoms with Gasteiger partial charge in [-0.15, -0.1) is 0 Å². The highest BCUT2D eigenvalue weighted by Crippen LogP contribution is 2.10. The number of rotatable bonds is 5. The van der Waals surface area contributed by atoms with Crippen molar-refractivity contribution in [1.82, 2.24) is 4.90 Å². The molecule has 3 nitrogen and oxygen atoms in total. The van der Waals surface area contributed by atoms with Crippen LogP contribution in [-0.2, 0) is 6.54 Å². The first-order valence-electron chi connectivity index (χ1n) is 5.29. The van der Waals surface area contributed by atoms with Crippen molar-refractivity contribution >= 4 is 5.91 Å². The summed E-state index contributed by atoms with van der Waals surface area (Å²) in [6, 6.07) is 7.51. The Balaban J connectivity index is 2.88. The first-order valence-corrected chi connectivity index (χ1v) is 5.29. The normalized spacial score (nSPS) is 10.6. The number of nitrogens with zero attached hydrogens (tertiary/aromatic N) is 1. The summed E-state index contributed by atoms with van der Waals surface area (Å²) in [7, 11) is 0. The molecule has 0 aromatic heterocycles. The number of carbonyl (C=O) groups is 1. The van der Waals surface area contributed by atoms with Crippen LogP contribution in [0.4, 0.5) is 0 Å². The van der Waals surface area contributed by atoms with Crippen LogP contribution in [0.5, 0.6) is 0 Å². The molecule has 0 heterocycles. The average Bonchev–Trinajstić information content (AvgIpc) is 2.26. The predicted octanol–water partition coefficient (Wildman–Crippen LogP) is 1.63. The minimum atomic E-state index is -0.349. The van der Waals surface area contributed by atoms with E-state index in [9.17, 15) is 4.79 Å². The topological polar surface area (TPSA) is 46.3 Å². The predicted molar refractivity (Wildman–Crippen MR) is 61.6 cm³/mol. The molecule has 1 aromatic rings. The molecule has 0 spiro atoms. The Morgan fingerprint density at radius 1 is 1.27 bits per heavy atom. The second-order valence-electron chi connectivity index (χ2n) is 3.48. The van der Waals surface area contributed by atoms with Gasteiger partial charge in [0, 0.05) is 12.1 Å². The van der Waals surface area contributed by atoms with Gasteiger partial charge in [-0.2, -0.15) is 0 Å². The van der Waals surface area contributed by atoms with Crippen molar-refractivity contribution < 1.29 is 4.79 Å². The largest absolute Gasteiger partial charge is 0.366 e. The zero-order valence-corrected chi connectivity index (χ0v) is 9.36. The van der Waals surface area contributed by atoms with Gasteiger partial charge in [0.15, 0.2) is 0 Å². The van der Waals surface area contributed by atoms with Gasteiger partial charge in [-0.25, -0.2) is 0 Å². The molecule has 0 saturated carbocycles. The smallest absolute Gasteiger partial charge is 0.249 e. The van der Waals surface area contributed by atoms with Crippen molar-refractivity contribution in [3.63, 3.8) is 0 Å². The fraction of sp³-hybridized carbons (Fsp3) is 0.417. The van der Waals surface area contributed by atoms with E-state index in [4.69, 9.17) is 5.73 Å². The molecule has 15 heavy (non-hydrogen) atoms. The van der Waals surface area contributed by atoms with Crippen LogP contribution in [-0.4, -0.2) is 23.9 Å². The van der Waals surface area contributed by atoms with E-state index in [1.807, 2.05) is 18.2 Å². The lowest BCUT2D eigenvalue weighted by Crippen LogP contribution is -2.24. The third-order valence-electron chi connectivity index (χ3n) is 2.57. The van der Waals surface area contributed by atoms with Gasteiger partial charge in [-0.3, -0.25) is 9.69 Å². The van der Waals surface area contributed by atoms with Crippen LogP contribution in [0.15, 0.2) is 24.3 Å². The van der Waals surface area contributed by atoms with Crippen molar-refractivity contribution in [1.29, 1.82) is 0 Å². The molecule has 0 unspecified atom stereocenters. The van der Waals surface area contributed by atoms with Crippen molar-refractivity contribution in [2.24, 2.45) is 5.73 Å². The summed E-state index contributed by atoms with van der Waals surface area (Å²) in [6.45, 7) is 6.95. The molecule has 0 aliphatic carbocycles. The van der Waals surface area contributed by atoms with Crippen LogP contribution >= 0.6 is 0 Å². The lowest BCUT2D eigenvalue weighted by atomic mass is 10.1. The molecule has 0 bridgehead atoms. The highest BCUT2D eigenvalue weighted by molar-refractivity contribution is 5.94. The molecule has 82 valence electrons. The fourth-order valence-electron chi connectivity index (χ4n) is 1.59. The summed E-state index contributed by atoms with van der Waals surface area (Å²) in [5, 5.41) is 0. The molecule has 1 amide bonds. The lowest BCUT2D eigenvalue weighted by Gasteiger charge is -2.19. The average molecular weight is 206 g/mol. The number of hydrogen-bond donors (Lipinski definition) is 1. The van der Waals surface area contributed by atoms with Crippen molar-refractivity contribution in [2.45, 2.75) is 20.4 Å². The Morgan fingerprint density at radius 3 is 2.40 bits per heavy atom. The minimum absolute atomic E-state index is 0.349. The van der Waals surface area contributed by atoms with E-state index in [-0.39, 0.29) is 5.91 Å². The summed E-state index contributed by atoms with van der Waals surface area (Å²) in [4.78, 5) is 13.4. The maximum absolute atomic E-state index is 11.2. The molecule has 0 aliphatic rings. The molecular formula is C12H18N2O. The van der Waals surface area contributed by atoms with Gasteiger partial charge in [0.2, 0.25) is 5.91 Å². The summed E-state index contributed by atoms with van der Waals surface area (Å²) < 4.78 is 0. The molecule has 2 N–H and O–H groups in total. The highest BCUT2D eigenvalue weighted by atomic mass is 16.1. The standard InChI is InChI=1S/C12H18N2O/c1-3-14(4-2)9-10-7-5-6-8-11(10)12(13)15/h5-8H,3-4,9H2,1-2H3,(H2,13,15). The molecule has 0 radical (unpaired) electrons. The lowest BCUT2D eigenvalue weighted by molar-refractivity contribution is 0.0998. The van der Waals surface area contributed by atoms with Crippen LogP contribution in [0.2, 0.25) is 0 Å². The number of primary amides is 1. The second-order valence-corrected chi connectivity index (χ2v) is 3.48. The Labute approximate surface area is 90.9 Å². The van der Waals surface area contributed by atoms with E-state index < -0.39 is 0 Å². The third kappa shape index (κ3) is 3.06. The second kappa shape index (κ2) is 5.51. The van der Waals surface area contributed by atoms with Crippen molar-refractivity contribution in [3.05, 3.63) is 35.4 Å². The molecule has 3 heteroatoms. The third-order valence-corrected chi connectivity index (χ3v) is 2.57. The molecule has 1 aromatic carbocycles. The SMILES string of the molecule is CCN(CC)Cc1ccccc1C(N)=O. The molecular weight excluding hydrogens is 188 g/mol. The monoisotopic (exact) mass is 206 g/mol. The molecule has 1 rings (SSSR count). The zero-order valence-electron chi connectivity index (χ0n) is 9.36. The first-order chi connectivity index (χ1) is 7.19. The van der Waals surface area contributed by atoms with E-state index >= 15 is 0 Å². The zero-order chi connectivity index (χ0) is 11.3. The highest BCUT2D eigenvalue weighted by Gasteiger charge is 2.09. The summed E-state index contributed by atoms with van der Waals surface area (Å²) >= 11 is 0. The van der Waals surface area contributed by atoms with E-state index in [0.29, 0.717) is 5.56 Å².